The summed E-state index contributed by atoms with van der Waals surface area (Å²) in [6.07, 6.45) is 1.87. The quantitative estimate of drug-likeness (QED) is 0.788. The van der Waals surface area contributed by atoms with E-state index in [1.807, 2.05) is 42.5 Å². The number of hydrogen-bond donors (Lipinski definition) is 1. The van der Waals surface area contributed by atoms with Crippen LogP contribution in [0.1, 0.15) is 30.7 Å². The zero-order chi connectivity index (χ0) is 14.2. The van der Waals surface area contributed by atoms with Crippen LogP contribution in [0.25, 0.3) is 0 Å². The van der Waals surface area contributed by atoms with E-state index in [0.717, 1.165) is 11.3 Å². The van der Waals surface area contributed by atoms with Crippen molar-refractivity contribution in [2.45, 2.75) is 25.9 Å². The van der Waals surface area contributed by atoms with Gasteiger partial charge in [0.25, 0.3) is 0 Å². The van der Waals surface area contributed by atoms with Crippen LogP contribution >= 0.6 is 0 Å². The minimum atomic E-state index is -0.227. The molecule has 0 radical (unpaired) electrons. The summed E-state index contributed by atoms with van der Waals surface area (Å²) in [5, 5.41) is 3.33. The van der Waals surface area contributed by atoms with Crippen LogP contribution in [0.15, 0.2) is 53.1 Å². The molecule has 4 heteroatoms. The average molecular weight is 273 g/mol. The molecule has 0 aliphatic carbocycles. The fourth-order valence-electron chi connectivity index (χ4n) is 1.99. The lowest BCUT2D eigenvalue weighted by Crippen LogP contribution is -2.24. The summed E-state index contributed by atoms with van der Waals surface area (Å²) in [7, 11) is 0. The number of furan rings is 1. The van der Waals surface area contributed by atoms with E-state index in [-0.39, 0.29) is 18.4 Å². The Labute approximate surface area is 118 Å². The van der Waals surface area contributed by atoms with Crippen LogP contribution in [0.3, 0.4) is 0 Å². The van der Waals surface area contributed by atoms with Crippen molar-refractivity contribution in [2.24, 2.45) is 0 Å². The zero-order valence-corrected chi connectivity index (χ0v) is 11.5. The van der Waals surface area contributed by atoms with Crippen molar-refractivity contribution in [3.8, 4) is 0 Å². The Bertz CT molecular complexity index is 508. The molecule has 1 aromatic heterocycles. The zero-order valence-electron chi connectivity index (χ0n) is 11.5. The molecule has 1 unspecified atom stereocenters. The van der Waals surface area contributed by atoms with Gasteiger partial charge in [-0.1, -0.05) is 30.3 Å². The fraction of sp³-hybridized carbons (Fsp3) is 0.312. The summed E-state index contributed by atoms with van der Waals surface area (Å²) >= 11 is 0. The topological polar surface area (TPSA) is 51.5 Å². The lowest BCUT2D eigenvalue weighted by Gasteiger charge is -2.16. The van der Waals surface area contributed by atoms with Gasteiger partial charge >= 0.3 is 5.97 Å². The Morgan fingerprint density at radius 3 is 2.70 bits per heavy atom. The molecule has 0 fully saturated rings. The molecule has 0 aliphatic rings. The van der Waals surface area contributed by atoms with Crippen molar-refractivity contribution in [1.29, 1.82) is 0 Å². The first kappa shape index (κ1) is 14.3. The largest absolute Gasteiger partial charge is 0.468 e. The first-order chi connectivity index (χ1) is 9.79. The Hall–Kier alpha value is -2.07. The van der Waals surface area contributed by atoms with Gasteiger partial charge in [-0.25, -0.2) is 0 Å². The Kier molecular flexibility index (Phi) is 5.38. The molecule has 0 saturated carbocycles. The van der Waals surface area contributed by atoms with Gasteiger partial charge < -0.3 is 14.5 Å². The maximum absolute atomic E-state index is 11.7. The number of rotatable bonds is 7. The predicted molar refractivity (Wildman–Crippen MR) is 76.0 cm³/mol. The highest BCUT2D eigenvalue weighted by Crippen LogP contribution is 2.18. The Morgan fingerprint density at radius 1 is 1.25 bits per heavy atom. The highest BCUT2D eigenvalue weighted by atomic mass is 16.5. The molecule has 0 aliphatic heterocycles. The van der Waals surface area contributed by atoms with Crippen LogP contribution in [-0.2, 0) is 16.1 Å². The molecule has 0 spiro atoms. The maximum atomic E-state index is 11.7. The Balaban J connectivity index is 1.98. The molecule has 2 aromatic rings. The monoisotopic (exact) mass is 273 g/mol. The van der Waals surface area contributed by atoms with E-state index >= 15 is 0 Å². The van der Waals surface area contributed by atoms with Gasteiger partial charge in [0, 0.05) is 6.54 Å². The summed E-state index contributed by atoms with van der Waals surface area (Å²) in [6, 6.07) is 13.5. The normalized spacial score (nSPS) is 12.1. The third kappa shape index (κ3) is 4.24. The van der Waals surface area contributed by atoms with Crippen molar-refractivity contribution in [3.63, 3.8) is 0 Å². The molecular weight excluding hydrogens is 254 g/mol. The molecule has 2 rings (SSSR count). The van der Waals surface area contributed by atoms with Gasteiger partial charge in [0.2, 0.25) is 0 Å². The van der Waals surface area contributed by atoms with Gasteiger partial charge in [0.15, 0.2) is 0 Å². The van der Waals surface area contributed by atoms with Gasteiger partial charge in [0.1, 0.15) is 5.76 Å². The van der Waals surface area contributed by atoms with Crippen LogP contribution in [-0.4, -0.2) is 12.6 Å². The number of carbonyl (C=O) groups is 1. The van der Waals surface area contributed by atoms with Crippen LogP contribution in [0.2, 0.25) is 0 Å². The molecule has 1 heterocycles. The molecule has 0 bridgehead atoms. The van der Waals surface area contributed by atoms with Crippen molar-refractivity contribution in [3.05, 3.63) is 60.1 Å². The van der Waals surface area contributed by atoms with Crippen LogP contribution < -0.4 is 5.32 Å². The van der Waals surface area contributed by atoms with Crippen molar-refractivity contribution in [1.82, 2.24) is 5.32 Å². The van der Waals surface area contributed by atoms with E-state index in [2.05, 4.69) is 5.32 Å². The predicted octanol–water partition coefficient (Wildman–Crippen LogP) is 3.06. The van der Waals surface area contributed by atoms with Gasteiger partial charge in [0.05, 0.1) is 25.3 Å². The van der Waals surface area contributed by atoms with E-state index in [9.17, 15) is 4.79 Å². The standard InChI is InChI=1S/C16H19NO3/c1-2-19-16(18)11-14(15-9-6-10-20-15)17-12-13-7-4-3-5-8-13/h3-10,14,17H,2,11-12H2,1H3. The van der Waals surface area contributed by atoms with E-state index < -0.39 is 0 Å². The average Bonchev–Trinajstić information content (AvgIpc) is 2.99. The first-order valence-corrected chi connectivity index (χ1v) is 6.76. The number of nitrogens with one attached hydrogen (secondary N) is 1. The lowest BCUT2D eigenvalue weighted by atomic mass is 10.1. The molecule has 0 amide bonds. The summed E-state index contributed by atoms with van der Waals surface area (Å²) < 4.78 is 10.4. The number of benzene rings is 1. The molecule has 106 valence electrons. The van der Waals surface area contributed by atoms with Crippen LogP contribution in [0.5, 0.6) is 0 Å². The second-order valence-corrected chi connectivity index (χ2v) is 4.44. The molecule has 1 aromatic carbocycles. The van der Waals surface area contributed by atoms with Crippen molar-refractivity contribution >= 4 is 5.97 Å². The van der Waals surface area contributed by atoms with E-state index in [4.69, 9.17) is 9.15 Å². The van der Waals surface area contributed by atoms with Gasteiger partial charge in [-0.05, 0) is 24.6 Å². The highest BCUT2D eigenvalue weighted by molar-refractivity contribution is 5.70. The summed E-state index contributed by atoms with van der Waals surface area (Å²) in [5.74, 6) is 0.517. The van der Waals surface area contributed by atoms with Gasteiger partial charge in [-0.2, -0.15) is 0 Å². The van der Waals surface area contributed by atoms with E-state index in [1.165, 1.54) is 0 Å². The van der Waals surface area contributed by atoms with Crippen LogP contribution in [0.4, 0.5) is 0 Å². The molecule has 20 heavy (non-hydrogen) atoms. The number of hydrogen-bond acceptors (Lipinski definition) is 4. The number of carbonyl (C=O) groups excluding carboxylic acids is 1. The first-order valence-electron chi connectivity index (χ1n) is 6.76. The Morgan fingerprint density at radius 2 is 2.05 bits per heavy atom. The third-order valence-electron chi connectivity index (χ3n) is 2.96. The SMILES string of the molecule is CCOC(=O)CC(NCc1ccccc1)c1ccco1. The fourth-order valence-corrected chi connectivity index (χ4v) is 1.99. The second kappa shape index (κ2) is 7.50. The molecular formula is C16H19NO3. The summed E-state index contributed by atoms with van der Waals surface area (Å²) in [4.78, 5) is 11.7. The minimum Gasteiger partial charge on any atom is -0.468 e. The minimum absolute atomic E-state index is 0.177. The lowest BCUT2D eigenvalue weighted by molar-refractivity contribution is -0.143. The maximum Gasteiger partial charge on any atom is 0.307 e. The third-order valence-corrected chi connectivity index (χ3v) is 2.96. The number of esters is 1. The summed E-state index contributed by atoms with van der Waals surface area (Å²) in [6.45, 7) is 2.87. The smallest absolute Gasteiger partial charge is 0.307 e. The molecule has 0 saturated heterocycles. The molecule has 4 nitrogen and oxygen atoms in total. The molecule has 1 N–H and O–H groups in total. The van der Waals surface area contributed by atoms with Crippen molar-refractivity contribution < 1.29 is 13.9 Å². The summed E-state index contributed by atoms with van der Waals surface area (Å²) in [5.41, 5.74) is 1.16. The number of ether oxygens (including phenoxy) is 1. The molecule has 1 atom stereocenters. The van der Waals surface area contributed by atoms with E-state index in [0.29, 0.717) is 13.2 Å². The second-order valence-electron chi connectivity index (χ2n) is 4.44. The van der Waals surface area contributed by atoms with Crippen molar-refractivity contribution in [2.75, 3.05) is 6.61 Å². The highest BCUT2D eigenvalue weighted by Gasteiger charge is 2.18. The van der Waals surface area contributed by atoms with Gasteiger partial charge in [-0.3, -0.25) is 4.79 Å². The van der Waals surface area contributed by atoms with E-state index in [1.54, 1.807) is 13.2 Å². The van der Waals surface area contributed by atoms with Gasteiger partial charge in [-0.15, -0.1) is 0 Å². The van der Waals surface area contributed by atoms with Crippen LogP contribution in [0, 0.1) is 0 Å².